The van der Waals surface area contributed by atoms with E-state index in [0.29, 0.717) is 18.1 Å². The summed E-state index contributed by atoms with van der Waals surface area (Å²) in [4.78, 5) is 9.78. The van der Waals surface area contributed by atoms with E-state index in [9.17, 15) is 15.3 Å². The molecule has 5 N–H and O–H groups in total. The fourth-order valence-electron chi connectivity index (χ4n) is 4.88. The van der Waals surface area contributed by atoms with Gasteiger partial charge in [-0.25, -0.2) is 9.97 Å². The van der Waals surface area contributed by atoms with Crippen molar-refractivity contribution in [1.82, 2.24) is 9.97 Å². The predicted octanol–water partition coefficient (Wildman–Crippen LogP) is 4.66. The molecule has 2 heterocycles. The van der Waals surface area contributed by atoms with Crippen LogP contribution in [0.1, 0.15) is 36.1 Å². The topological polar surface area (TPSA) is 111 Å². The van der Waals surface area contributed by atoms with E-state index in [1.165, 1.54) is 5.56 Å². The summed E-state index contributed by atoms with van der Waals surface area (Å²) in [6.45, 7) is 6.02. The van der Waals surface area contributed by atoms with Crippen LogP contribution in [0.4, 0.5) is 11.6 Å². The molecule has 7 nitrogen and oxygen atoms in total. The number of benzene rings is 2. The van der Waals surface area contributed by atoms with E-state index in [0.717, 1.165) is 31.9 Å². The molecule has 2 aromatic carbocycles. The average molecular weight is 505 g/mol. The van der Waals surface area contributed by atoms with Crippen molar-refractivity contribution in [2.75, 3.05) is 17.2 Å². The van der Waals surface area contributed by atoms with Gasteiger partial charge in [0.05, 0.1) is 27.9 Å². The number of thiazole rings is 1. The van der Waals surface area contributed by atoms with Crippen LogP contribution in [0, 0.1) is 19.8 Å². The van der Waals surface area contributed by atoms with E-state index in [4.69, 9.17) is 9.97 Å². The molecule has 1 aliphatic carbocycles. The second-order valence-electron chi connectivity index (χ2n) is 9.72. The Balaban J connectivity index is 1.53. The first-order valence-corrected chi connectivity index (χ1v) is 13.1. The lowest BCUT2D eigenvalue weighted by Gasteiger charge is -2.23. The molecule has 1 saturated carbocycles. The number of nitrogens with one attached hydrogen (secondary N) is 2. The molecule has 2 aromatic heterocycles. The van der Waals surface area contributed by atoms with Crippen molar-refractivity contribution in [2.45, 2.75) is 51.5 Å². The van der Waals surface area contributed by atoms with Gasteiger partial charge in [-0.2, -0.15) is 0 Å². The SMILES string of the molecule is Cc1ccc([C@@H](C)Nc2cc(C)c(-c3nc4ccccc4s3)c(NC3CC(CO)[C@@H](O)[C@H]3O)n2)cc1. The number of rotatable bonds is 7. The van der Waals surface area contributed by atoms with Crippen molar-refractivity contribution in [1.29, 1.82) is 0 Å². The molecule has 1 aliphatic rings. The number of hydrogen-bond donors (Lipinski definition) is 5. The maximum atomic E-state index is 10.7. The third-order valence-corrected chi connectivity index (χ3v) is 8.08. The summed E-state index contributed by atoms with van der Waals surface area (Å²) in [5.41, 5.74) is 5.17. The summed E-state index contributed by atoms with van der Waals surface area (Å²) < 4.78 is 1.09. The highest BCUT2D eigenvalue weighted by Gasteiger charge is 2.41. The van der Waals surface area contributed by atoms with Gasteiger partial charge in [-0.3, -0.25) is 0 Å². The van der Waals surface area contributed by atoms with Gasteiger partial charge in [0.1, 0.15) is 22.7 Å². The number of para-hydroxylation sites is 1. The molecule has 0 spiro atoms. The van der Waals surface area contributed by atoms with Crippen LogP contribution in [-0.4, -0.2) is 50.1 Å². The quantitative estimate of drug-likeness (QED) is 0.249. The lowest BCUT2D eigenvalue weighted by atomic mass is 10.1. The zero-order valence-electron chi connectivity index (χ0n) is 20.6. The Bertz CT molecular complexity index is 1320. The van der Waals surface area contributed by atoms with Crippen LogP contribution in [0.2, 0.25) is 0 Å². The Morgan fingerprint density at radius 1 is 1.03 bits per heavy atom. The summed E-state index contributed by atoms with van der Waals surface area (Å²) in [6.07, 6.45) is -1.55. The first-order chi connectivity index (χ1) is 17.3. The van der Waals surface area contributed by atoms with Crippen molar-refractivity contribution < 1.29 is 15.3 Å². The van der Waals surface area contributed by atoms with Crippen LogP contribution in [0.25, 0.3) is 20.8 Å². The monoisotopic (exact) mass is 504 g/mol. The molecule has 4 aromatic rings. The van der Waals surface area contributed by atoms with E-state index in [-0.39, 0.29) is 18.6 Å². The number of aromatic nitrogens is 2. The van der Waals surface area contributed by atoms with E-state index >= 15 is 0 Å². The van der Waals surface area contributed by atoms with Gasteiger partial charge in [0.15, 0.2) is 0 Å². The maximum absolute atomic E-state index is 10.7. The van der Waals surface area contributed by atoms with Gasteiger partial charge in [-0.15, -0.1) is 11.3 Å². The minimum atomic E-state index is -1.00. The average Bonchev–Trinajstić information content (AvgIpc) is 3.40. The Morgan fingerprint density at radius 2 is 1.78 bits per heavy atom. The van der Waals surface area contributed by atoms with Crippen molar-refractivity contribution in [3.05, 3.63) is 71.3 Å². The smallest absolute Gasteiger partial charge is 0.139 e. The number of aliphatic hydroxyl groups excluding tert-OH is 3. The van der Waals surface area contributed by atoms with E-state index < -0.39 is 18.2 Å². The molecule has 188 valence electrons. The van der Waals surface area contributed by atoms with Crippen LogP contribution in [-0.2, 0) is 0 Å². The number of nitrogens with zero attached hydrogens (tertiary/aromatic N) is 2. The first-order valence-electron chi connectivity index (χ1n) is 12.3. The molecule has 1 fully saturated rings. The minimum Gasteiger partial charge on any atom is -0.396 e. The van der Waals surface area contributed by atoms with Crippen molar-refractivity contribution in [3.63, 3.8) is 0 Å². The number of hydrogen-bond acceptors (Lipinski definition) is 8. The number of anilines is 2. The number of pyridine rings is 1. The Hall–Kier alpha value is -3.04. The predicted molar refractivity (Wildman–Crippen MR) is 145 cm³/mol. The van der Waals surface area contributed by atoms with Gasteiger partial charge >= 0.3 is 0 Å². The zero-order valence-corrected chi connectivity index (χ0v) is 21.5. The Labute approximate surface area is 214 Å². The molecule has 2 unspecified atom stereocenters. The highest BCUT2D eigenvalue weighted by Crippen LogP contribution is 2.39. The van der Waals surface area contributed by atoms with Gasteiger partial charge in [-0.05, 0) is 56.5 Å². The van der Waals surface area contributed by atoms with Crippen molar-refractivity contribution >= 4 is 33.2 Å². The normalized spacial score (nSPS) is 22.6. The third-order valence-electron chi connectivity index (χ3n) is 7.02. The fourth-order valence-corrected chi connectivity index (χ4v) is 5.96. The molecule has 0 bridgehead atoms. The Kier molecular flexibility index (Phi) is 6.94. The molecule has 36 heavy (non-hydrogen) atoms. The first kappa shape index (κ1) is 24.6. The number of fused-ring (bicyclic) bond motifs is 1. The molecule has 0 radical (unpaired) electrons. The molecule has 8 heteroatoms. The molecule has 5 atom stereocenters. The number of aryl methyl sites for hydroxylation is 2. The van der Waals surface area contributed by atoms with Crippen molar-refractivity contribution in [3.8, 4) is 10.6 Å². The fraction of sp³-hybridized carbons (Fsp3) is 0.357. The number of aliphatic hydroxyl groups is 3. The van der Waals surface area contributed by atoms with Gasteiger partial charge in [0, 0.05) is 18.6 Å². The molecular formula is C28H32N4O3S. The standard InChI is InChI=1S/C28H32N4O3S/c1-15-8-10-18(11-9-15)17(3)29-23-12-16(2)24(28-31-20-6-4-5-7-22(20)36-28)27(32-23)30-21-13-19(14-33)25(34)26(21)35/h4-12,17,19,21,25-26,33-35H,13-14H2,1-3H3,(H2,29,30,32)/t17-,19?,21?,25-,26+/m1/s1. The van der Waals surface area contributed by atoms with Gasteiger partial charge in [0.25, 0.3) is 0 Å². The summed E-state index contributed by atoms with van der Waals surface area (Å²) in [5, 5.41) is 38.4. The molecule has 0 amide bonds. The highest BCUT2D eigenvalue weighted by molar-refractivity contribution is 7.21. The highest BCUT2D eigenvalue weighted by atomic mass is 32.1. The third kappa shape index (κ3) is 4.82. The Morgan fingerprint density at radius 3 is 2.47 bits per heavy atom. The lowest BCUT2D eigenvalue weighted by Crippen LogP contribution is -2.35. The second-order valence-corrected chi connectivity index (χ2v) is 10.8. The summed E-state index contributed by atoms with van der Waals surface area (Å²) in [5.74, 6) is 0.926. The summed E-state index contributed by atoms with van der Waals surface area (Å²) >= 11 is 1.60. The molecular weight excluding hydrogens is 472 g/mol. The maximum Gasteiger partial charge on any atom is 0.139 e. The minimum absolute atomic E-state index is 0.0383. The van der Waals surface area contributed by atoms with Crippen LogP contribution in [0.3, 0.4) is 0 Å². The zero-order chi connectivity index (χ0) is 25.4. The summed E-state index contributed by atoms with van der Waals surface area (Å²) in [6, 6.07) is 18.0. The lowest BCUT2D eigenvalue weighted by molar-refractivity contribution is 0.00446. The van der Waals surface area contributed by atoms with Crippen LogP contribution < -0.4 is 10.6 Å². The van der Waals surface area contributed by atoms with Gasteiger partial charge in [-0.1, -0.05) is 42.0 Å². The van der Waals surface area contributed by atoms with Gasteiger partial charge in [0.2, 0.25) is 0 Å². The van der Waals surface area contributed by atoms with E-state index in [2.05, 4.69) is 54.8 Å². The van der Waals surface area contributed by atoms with Crippen LogP contribution >= 0.6 is 11.3 Å². The second kappa shape index (κ2) is 10.1. The van der Waals surface area contributed by atoms with E-state index in [1.807, 2.05) is 31.2 Å². The molecule has 5 rings (SSSR count). The van der Waals surface area contributed by atoms with Crippen molar-refractivity contribution in [2.24, 2.45) is 5.92 Å². The van der Waals surface area contributed by atoms with Crippen LogP contribution in [0.5, 0.6) is 0 Å². The van der Waals surface area contributed by atoms with Crippen LogP contribution in [0.15, 0.2) is 54.6 Å². The van der Waals surface area contributed by atoms with Gasteiger partial charge < -0.3 is 26.0 Å². The summed E-state index contributed by atoms with van der Waals surface area (Å²) in [7, 11) is 0. The largest absolute Gasteiger partial charge is 0.396 e. The van der Waals surface area contributed by atoms with E-state index in [1.54, 1.807) is 11.3 Å². The molecule has 0 saturated heterocycles. The molecule has 0 aliphatic heterocycles.